The lowest BCUT2D eigenvalue weighted by Crippen LogP contribution is -2.01. The minimum atomic E-state index is 0.643. The molecule has 11 rings (SSSR count). The van der Waals surface area contributed by atoms with Gasteiger partial charge in [-0.3, -0.25) is 0 Å². The van der Waals surface area contributed by atoms with Gasteiger partial charge >= 0.3 is 0 Å². The van der Waals surface area contributed by atoms with E-state index in [2.05, 4.69) is 194 Å². The summed E-state index contributed by atoms with van der Waals surface area (Å²) in [5, 5.41) is 7.13. The molecule has 266 valence electrons. The molecule has 0 spiro atoms. The zero-order valence-electron chi connectivity index (χ0n) is 30.8. The van der Waals surface area contributed by atoms with E-state index in [4.69, 9.17) is 15.0 Å². The maximum Gasteiger partial charge on any atom is 0.165 e. The van der Waals surface area contributed by atoms with Gasteiger partial charge in [0.05, 0.1) is 0 Å². The monoisotopic (exact) mass is 743 g/mol. The molecule has 0 aliphatic heterocycles. The van der Waals surface area contributed by atoms with E-state index in [0.717, 1.165) is 33.0 Å². The summed E-state index contributed by atoms with van der Waals surface area (Å²) in [5.41, 5.74) is 10.00. The largest absolute Gasteiger partial charge is 0.208 e. The smallest absolute Gasteiger partial charge is 0.165 e. The zero-order chi connectivity index (χ0) is 37.7. The van der Waals surface area contributed by atoms with Gasteiger partial charge in [-0.15, -0.1) is 11.3 Å². The topological polar surface area (TPSA) is 38.7 Å². The number of thiophene rings is 1. The van der Waals surface area contributed by atoms with E-state index in [-0.39, 0.29) is 0 Å². The van der Waals surface area contributed by atoms with Crippen LogP contribution in [0.1, 0.15) is 0 Å². The van der Waals surface area contributed by atoms with Crippen LogP contribution in [0.25, 0.3) is 109 Å². The minimum absolute atomic E-state index is 0.643. The first-order valence-corrected chi connectivity index (χ1v) is 20.0. The molecule has 2 aromatic heterocycles. The van der Waals surface area contributed by atoms with Crippen molar-refractivity contribution in [3.63, 3.8) is 0 Å². The lowest BCUT2D eigenvalue weighted by Gasteiger charge is -2.14. The van der Waals surface area contributed by atoms with Crippen molar-refractivity contribution in [3.8, 4) is 67.5 Å². The van der Waals surface area contributed by atoms with E-state index < -0.39 is 0 Å². The molecule has 9 aromatic carbocycles. The number of fused-ring (bicyclic) bond motifs is 5. The quantitative estimate of drug-likeness (QED) is 0.170. The molecule has 0 radical (unpaired) electrons. The SMILES string of the molecule is c1ccc(-c2ccc(-c3nc(-c4ccc(-c5ccc6ccc(-c7ccccc7)cc6c5)c5ccccc45)nc(-c4cccc5c4sc4ccccc45)n3)cc2)cc1. The van der Waals surface area contributed by atoms with E-state index in [1.54, 1.807) is 11.3 Å². The van der Waals surface area contributed by atoms with Crippen molar-refractivity contribution in [2.75, 3.05) is 0 Å². The minimum Gasteiger partial charge on any atom is -0.208 e. The van der Waals surface area contributed by atoms with Crippen LogP contribution in [0, 0.1) is 0 Å². The number of hydrogen-bond donors (Lipinski definition) is 0. The van der Waals surface area contributed by atoms with Gasteiger partial charge in [0.2, 0.25) is 0 Å². The lowest BCUT2D eigenvalue weighted by atomic mass is 9.92. The fourth-order valence-corrected chi connectivity index (χ4v) is 9.29. The van der Waals surface area contributed by atoms with Gasteiger partial charge in [-0.1, -0.05) is 170 Å². The summed E-state index contributed by atoms with van der Waals surface area (Å²) in [6.07, 6.45) is 0. The van der Waals surface area contributed by atoms with Gasteiger partial charge in [-0.25, -0.2) is 15.0 Å². The maximum absolute atomic E-state index is 5.30. The highest BCUT2D eigenvalue weighted by Gasteiger charge is 2.19. The number of hydrogen-bond acceptors (Lipinski definition) is 4. The molecule has 0 bridgehead atoms. The number of rotatable bonds is 6. The Morgan fingerprint density at radius 1 is 0.281 bits per heavy atom. The number of aromatic nitrogens is 3. The Morgan fingerprint density at radius 3 is 1.54 bits per heavy atom. The first-order chi connectivity index (χ1) is 28.2. The van der Waals surface area contributed by atoms with Crippen LogP contribution in [-0.4, -0.2) is 15.0 Å². The fourth-order valence-electron chi connectivity index (χ4n) is 8.08. The summed E-state index contributed by atoms with van der Waals surface area (Å²) < 4.78 is 2.42. The molecule has 0 saturated carbocycles. The van der Waals surface area contributed by atoms with Gasteiger partial charge in [-0.05, 0) is 85.3 Å². The van der Waals surface area contributed by atoms with E-state index in [1.807, 2.05) is 6.07 Å². The maximum atomic E-state index is 5.30. The van der Waals surface area contributed by atoms with Crippen molar-refractivity contribution in [1.82, 2.24) is 15.0 Å². The number of benzene rings is 9. The van der Waals surface area contributed by atoms with Crippen molar-refractivity contribution < 1.29 is 0 Å². The van der Waals surface area contributed by atoms with E-state index in [1.165, 1.54) is 58.8 Å². The van der Waals surface area contributed by atoms with Crippen LogP contribution in [0.2, 0.25) is 0 Å². The van der Waals surface area contributed by atoms with Crippen LogP contribution in [0.15, 0.2) is 200 Å². The van der Waals surface area contributed by atoms with Crippen LogP contribution >= 0.6 is 11.3 Å². The molecule has 0 atom stereocenters. The van der Waals surface area contributed by atoms with Crippen LogP contribution in [0.5, 0.6) is 0 Å². The average molecular weight is 744 g/mol. The molecule has 0 N–H and O–H groups in total. The van der Waals surface area contributed by atoms with E-state index in [0.29, 0.717) is 17.5 Å². The normalized spacial score (nSPS) is 11.5. The Kier molecular flexibility index (Phi) is 8.01. The molecule has 11 aromatic rings. The fraction of sp³-hybridized carbons (Fsp3) is 0. The molecule has 0 saturated heterocycles. The molecule has 0 aliphatic rings. The highest BCUT2D eigenvalue weighted by molar-refractivity contribution is 7.26. The van der Waals surface area contributed by atoms with Gasteiger partial charge < -0.3 is 0 Å². The van der Waals surface area contributed by atoms with Gasteiger partial charge in [0.1, 0.15) is 0 Å². The standard InChI is InChI=1S/C53H33N3S/c1-3-12-34(13-4-1)36-22-26-38(27-23-36)51-54-52(56-53(55-51)48-20-11-19-46-45-18-9-10-21-49(45)57-50(46)48)47-31-30-42(43-16-7-8-17-44(43)47)40-29-25-37-24-28-39(32-41(37)33-40)35-14-5-2-6-15-35/h1-33H. The Balaban J connectivity index is 1.08. The molecule has 4 heteroatoms. The van der Waals surface area contributed by atoms with Crippen LogP contribution in [0.4, 0.5) is 0 Å². The number of nitrogens with zero attached hydrogens (tertiary/aromatic N) is 3. The van der Waals surface area contributed by atoms with E-state index in [9.17, 15) is 0 Å². The van der Waals surface area contributed by atoms with Gasteiger partial charge in [0.25, 0.3) is 0 Å². The summed E-state index contributed by atoms with van der Waals surface area (Å²) in [5.74, 6) is 1.95. The molecule has 0 aliphatic carbocycles. The molecule has 2 heterocycles. The van der Waals surface area contributed by atoms with Crippen molar-refractivity contribution in [2.24, 2.45) is 0 Å². The molecule has 57 heavy (non-hydrogen) atoms. The average Bonchev–Trinajstić information content (AvgIpc) is 3.68. The third kappa shape index (κ3) is 5.95. The zero-order valence-corrected chi connectivity index (χ0v) is 31.6. The third-order valence-electron chi connectivity index (χ3n) is 11.0. The summed E-state index contributed by atoms with van der Waals surface area (Å²) in [6.45, 7) is 0. The van der Waals surface area contributed by atoms with Crippen molar-refractivity contribution in [3.05, 3.63) is 200 Å². The van der Waals surface area contributed by atoms with Crippen molar-refractivity contribution in [2.45, 2.75) is 0 Å². The summed E-state index contributed by atoms with van der Waals surface area (Å²) in [6, 6.07) is 71.1. The van der Waals surface area contributed by atoms with Crippen LogP contribution in [-0.2, 0) is 0 Å². The van der Waals surface area contributed by atoms with Crippen molar-refractivity contribution in [1.29, 1.82) is 0 Å². The molecule has 0 unspecified atom stereocenters. The highest BCUT2D eigenvalue weighted by Crippen LogP contribution is 2.41. The first kappa shape index (κ1) is 33.1. The second-order valence-electron chi connectivity index (χ2n) is 14.4. The molecular formula is C53H33N3S. The summed E-state index contributed by atoms with van der Waals surface area (Å²) >= 11 is 1.79. The Bertz CT molecular complexity index is 3280. The predicted octanol–water partition coefficient (Wildman–Crippen LogP) is 14.5. The van der Waals surface area contributed by atoms with Gasteiger partial charge in [0.15, 0.2) is 17.5 Å². The molecule has 0 fully saturated rings. The van der Waals surface area contributed by atoms with Gasteiger partial charge in [-0.2, -0.15) is 0 Å². The van der Waals surface area contributed by atoms with Gasteiger partial charge in [0, 0.05) is 36.9 Å². The summed E-state index contributed by atoms with van der Waals surface area (Å²) in [7, 11) is 0. The second kappa shape index (κ2) is 13.8. The van der Waals surface area contributed by atoms with Crippen LogP contribution in [0.3, 0.4) is 0 Å². The van der Waals surface area contributed by atoms with E-state index >= 15 is 0 Å². The molecule has 3 nitrogen and oxygen atoms in total. The highest BCUT2D eigenvalue weighted by atomic mass is 32.1. The predicted molar refractivity (Wildman–Crippen MR) is 240 cm³/mol. The Labute approximate surface area is 334 Å². The van der Waals surface area contributed by atoms with Crippen molar-refractivity contribution >= 4 is 53.1 Å². The first-order valence-electron chi connectivity index (χ1n) is 19.2. The Hall–Kier alpha value is -7.27. The Morgan fingerprint density at radius 2 is 0.789 bits per heavy atom. The second-order valence-corrected chi connectivity index (χ2v) is 15.4. The molecule has 0 amide bonds. The molecular weight excluding hydrogens is 711 g/mol. The lowest BCUT2D eigenvalue weighted by molar-refractivity contribution is 1.08. The van der Waals surface area contributed by atoms with Crippen LogP contribution < -0.4 is 0 Å². The summed E-state index contributed by atoms with van der Waals surface area (Å²) in [4.78, 5) is 15.7. The third-order valence-corrected chi connectivity index (χ3v) is 12.2.